The molecular formula is C17H27NO. The summed E-state index contributed by atoms with van der Waals surface area (Å²) in [6, 6.07) is 8.56. The third-order valence-electron chi connectivity index (χ3n) is 4.14. The van der Waals surface area contributed by atoms with E-state index in [1.807, 2.05) is 0 Å². The van der Waals surface area contributed by atoms with Gasteiger partial charge in [-0.25, -0.2) is 0 Å². The Morgan fingerprint density at radius 1 is 1.05 bits per heavy atom. The zero-order valence-corrected chi connectivity index (χ0v) is 12.2. The van der Waals surface area contributed by atoms with Crippen molar-refractivity contribution in [3.05, 3.63) is 35.4 Å². The molecule has 2 nitrogen and oxygen atoms in total. The monoisotopic (exact) mass is 261 g/mol. The van der Waals surface area contributed by atoms with Crippen molar-refractivity contribution < 1.29 is 4.74 Å². The van der Waals surface area contributed by atoms with E-state index in [1.54, 1.807) is 7.11 Å². The standard InChI is InChI=1S/C17H27NO/c1-19-14-17-11-7-6-10-16(17)13-18-12-15-8-4-2-3-5-9-15/h6-7,10-11,15,18H,2-5,8-9,12-14H2,1H3. The first-order valence-electron chi connectivity index (χ1n) is 7.66. The lowest BCUT2D eigenvalue weighted by molar-refractivity contribution is 0.184. The van der Waals surface area contributed by atoms with E-state index in [0.29, 0.717) is 6.61 Å². The molecule has 0 aliphatic heterocycles. The summed E-state index contributed by atoms with van der Waals surface area (Å²) < 4.78 is 5.25. The quantitative estimate of drug-likeness (QED) is 0.784. The minimum atomic E-state index is 0.710. The van der Waals surface area contributed by atoms with Crippen LogP contribution in [0.2, 0.25) is 0 Å². The maximum absolute atomic E-state index is 5.25. The second kappa shape index (κ2) is 8.34. The van der Waals surface area contributed by atoms with E-state index in [2.05, 4.69) is 29.6 Å². The molecule has 1 aliphatic rings. The SMILES string of the molecule is COCc1ccccc1CNCC1CCCCCC1. The van der Waals surface area contributed by atoms with Crippen LogP contribution in [0.25, 0.3) is 0 Å². The van der Waals surface area contributed by atoms with Crippen LogP contribution in [0, 0.1) is 5.92 Å². The van der Waals surface area contributed by atoms with Crippen LogP contribution in [0.3, 0.4) is 0 Å². The molecule has 0 saturated heterocycles. The lowest BCUT2D eigenvalue weighted by atomic mass is 10.0. The van der Waals surface area contributed by atoms with Gasteiger partial charge in [0.2, 0.25) is 0 Å². The Labute approximate surface area is 117 Å². The van der Waals surface area contributed by atoms with Crippen molar-refractivity contribution in [2.45, 2.75) is 51.7 Å². The molecule has 19 heavy (non-hydrogen) atoms. The highest BCUT2D eigenvalue weighted by atomic mass is 16.5. The number of nitrogens with one attached hydrogen (secondary N) is 1. The van der Waals surface area contributed by atoms with Gasteiger partial charge in [-0.05, 0) is 36.4 Å². The van der Waals surface area contributed by atoms with E-state index in [4.69, 9.17) is 4.74 Å². The van der Waals surface area contributed by atoms with E-state index < -0.39 is 0 Å². The highest BCUT2D eigenvalue weighted by molar-refractivity contribution is 5.26. The molecule has 0 aromatic heterocycles. The van der Waals surface area contributed by atoms with E-state index in [-0.39, 0.29) is 0 Å². The van der Waals surface area contributed by atoms with Crippen LogP contribution >= 0.6 is 0 Å². The molecular weight excluding hydrogens is 234 g/mol. The molecule has 0 heterocycles. The maximum Gasteiger partial charge on any atom is 0.0716 e. The predicted molar refractivity (Wildman–Crippen MR) is 80.1 cm³/mol. The fraction of sp³-hybridized carbons (Fsp3) is 0.647. The third kappa shape index (κ3) is 4.96. The van der Waals surface area contributed by atoms with E-state index in [1.165, 1.54) is 56.2 Å². The summed E-state index contributed by atoms with van der Waals surface area (Å²) in [5.41, 5.74) is 2.68. The number of ether oxygens (including phenoxy) is 1. The van der Waals surface area contributed by atoms with Crippen molar-refractivity contribution >= 4 is 0 Å². The molecule has 0 spiro atoms. The number of rotatable bonds is 6. The number of hydrogen-bond acceptors (Lipinski definition) is 2. The number of methoxy groups -OCH3 is 1. The lowest BCUT2D eigenvalue weighted by Crippen LogP contribution is -2.22. The van der Waals surface area contributed by atoms with Crippen molar-refractivity contribution in [2.24, 2.45) is 5.92 Å². The van der Waals surface area contributed by atoms with Gasteiger partial charge in [0.1, 0.15) is 0 Å². The fourth-order valence-corrected chi connectivity index (χ4v) is 3.01. The smallest absolute Gasteiger partial charge is 0.0716 e. The topological polar surface area (TPSA) is 21.3 Å². The molecule has 1 aromatic carbocycles. The van der Waals surface area contributed by atoms with E-state index in [0.717, 1.165) is 12.5 Å². The van der Waals surface area contributed by atoms with Gasteiger partial charge in [-0.3, -0.25) is 0 Å². The van der Waals surface area contributed by atoms with Crippen molar-refractivity contribution in [1.82, 2.24) is 5.32 Å². The molecule has 0 unspecified atom stereocenters. The van der Waals surface area contributed by atoms with Gasteiger partial charge in [0, 0.05) is 13.7 Å². The Bertz CT molecular complexity index is 356. The van der Waals surface area contributed by atoms with Crippen LogP contribution in [0.1, 0.15) is 49.7 Å². The second-order valence-electron chi connectivity index (χ2n) is 5.69. The molecule has 1 aromatic rings. The number of hydrogen-bond donors (Lipinski definition) is 1. The van der Waals surface area contributed by atoms with Crippen molar-refractivity contribution in [1.29, 1.82) is 0 Å². The van der Waals surface area contributed by atoms with E-state index >= 15 is 0 Å². The van der Waals surface area contributed by atoms with Crippen molar-refractivity contribution in [3.8, 4) is 0 Å². The molecule has 1 N–H and O–H groups in total. The Balaban J connectivity index is 1.78. The van der Waals surface area contributed by atoms with Gasteiger partial charge in [-0.2, -0.15) is 0 Å². The van der Waals surface area contributed by atoms with Gasteiger partial charge >= 0.3 is 0 Å². The van der Waals surface area contributed by atoms with Crippen LogP contribution in [0.15, 0.2) is 24.3 Å². The summed E-state index contributed by atoms with van der Waals surface area (Å²) in [5.74, 6) is 0.886. The van der Waals surface area contributed by atoms with Gasteiger partial charge in [0.25, 0.3) is 0 Å². The molecule has 1 fully saturated rings. The molecule has 1 aliphatic carbocycles. The average Bonchev–Trinajstić information content (AvgIpc) is 2.70. The first kappa shape index (κ1) is 14.5. The van der Waals surface area contributed by atoms with E-state index in [9.17, 15) is 0 Å². The van der Waals surface area contributed by atoms with Gasteiger partial charge < -0.3 is 10.1 Å². The fourth-order valence-electron chi connectivity index (χ4n) is 3.01. The molecule has 1 saturated carbocycles. The average molecular weight is 261 g/mol. The predicted octanol–water partition coefficient (Wildman–Crippen LogP) is 3.89. The minimum absolute atomic E-state index is 0.710. The first-order valence-corrected chi connectivity index (χ1v) is 7.66. The molecule has 0 radical (unpaired) electrons. The zero-order chi connectivity index (χ0) is 13.3. The summed E-state index contributed by atoms with van der Waals surface area (Å²) in [6.45, 7) is 2.85. The summed E-state index contributed by atoms with van der Waals surface area (Å²) in [6.07, 6.45) is 8.54. The highest BCUT2D eigenvalue weighted by Gasteiger charge is 2.11. The van der Waals surface area contributed by atoms with Gasteiger partial charge in [0.15, 0.2) is 0 Å². The van der Waals surface area contributed by atoms with Gasteiger partial charge in [-0.1, -0.05) is 49.9 Å². The van der Waals surface area contributed by atoms with Gasteiger partial charge in [-0.15, -0.1) is 0 Å². The second-order valence-corrected chi connectivity index (χ2v) is 5.69. The largest absolute Gasteiger partial charge is 0.380 e. The first-order chi connectivity index (χ1) is 9.40. The molecule has 2 heteroatoms. The van der Waals surface area contributed by atoms with Crippen LogP contribution in [0.5, 0.6) is 0 Å². The van der Waals surface area contributed by atoms with Crippen molar-refractivity contribution in [3.63, 3.8) is 0 Å². The van der Waals surface area contributed by atoms with Crippen LogP contribution in [-0.2, 0) is 17.9 Å². The maximum atomic E-state index is 5.25. The summed E-state index contributed by atoms with van der Waals surface area (Å²) in [7, 11) is 1.76. The summed E-state index contributed by atoms with van der Waals surface area (Å²) in [4.78, 5) is 0. The molecule has 0 atom stereocenters. The Kier molecular flexibility index (Phi) is 6.38. The summed E-state index contributed by atoms with van der Waals surface area (Å²) >= 11 is 0. The normalized spacial score (nSPS) is 17.3. The summed E-state index contributed by atoms with van der Waals surface area (Å²) in [5, 5.41) is 3.64. The highest BCUT2D eigenvalue weighted by Crippen LogP contribution is 2.22. The van der Waals surface area contributed by atoms with Gasteiger partial charge in [0.05, 0.1) is 6.61 Å². The molecule has 2 rings (SSSR count). The zero-order valence-electron chi connectivity index (χ0n) is 12.2. The Morgan fingerprint density at radius 3 is 2.42 bits per heavy atom. The van der Waals surface area contributed by atoms with Crippen LogP contribution in [-0.4, -0.2) is 13.7 Å². The van der Waals surface area contributed by atoms with Crippen molar-refractivity contribution in [2.75, 3.05) is 13.7 Å². The third-order valence-corrected chi connectivity index (χ3v) is 4.14. The lowest BCUT2D eigenvalue weighted by Gasteiger charge is -2.16. The molecule has 0 bridgehead atoms. The molecule has 0 amide bonds. The Morgan fingerprint density at radius 2 is 1.74 bits per heavy atom. The Hall–Kier alpha value is -0.860. The van der Waals surface area contributed by atoms with Crippen LogP contribution in [0.4, 0.5) is 0 Å². The van der Waals surface area contributed by atoms with Crippen LogP contribution < -0.4 is 5.32 Å². The number of benzene rings is 1. The minimum Gasteiger partial charge on any atom is -0.380 e. The molecule has 106 valence electrons.